The average Bonchev–Trinajstić information content (AvgIpc) is 3.42. The highest BCUT2D eigenvalue weighted by atomic mass is 79.9. The van der Waals surface area contributed by atoms with E-state index in [-0.39, 0.29) is 0 Å². The van der Waals surface area contributed by atoms with Gasteiger partial charge in [0.25, 0.3) is 0 Å². The van der Waals surface area contributed by atoms with E-state index in [0.717, 1.165) is 65.1 Å². The van der Waals surface area contributed by atoms with Gasteiger partial charge in [0, 0.05) is 43.5 Å². The number of fused-ring (bicyclic) bond motifs is 4. The fourth-order valence-corrected chi connectivity index (χ4v) is 5.94. The largest absolute Gasteiger partial charge is 0.456 e. The zero-order valence-electron chi connectivity index (χ0n) is 22.2. The van der Waals surface area contributed by atoms with Crippen molar-refractivity contribution in [1.82, 2.24) is 19.9 Å². The van der Waals surface area contributed by atoms with Crippen molar-refractivity contribution in [2.24, 2.45) is 0 Å². The molecule has 0 N–H and O–H groups in total. The number of pyridine rings is 1. The SMILES string of the molecule is Brc1cc(-c2nc(-c3ccccc3)nc(-c3ccc4c(c3)oc3ccccc34)n2)cc(-c2cccc3ncccc23)c1. The summed E-state index contributed by atoms with van der Waals surface area (Å²) in [6.45, 7) is 0. The van der Waals surface area contributed by atoms with Gasteiger partial charge in [-0.1, -0.05) is 88.7 Å². The lowest BCUT2D eigenvalue weighted by molar-refractivity contribution is 0.669. The number of hydrogen-bond acceptors (Lipinski definition) is 5. The highest BCUT2D eigenvalue weighted by Gasteiger charge is 2.16. The van der Waals surface area contributed by atoms with Crippen LogP contribution in [0.2, 0.25) is 0 Å². The Kier molecular flexibility index (Phi) is 5.86. The summed E-state index contributed by atoms with van der Waals surface area (Å²) in [4.78, 5) is 19.4. The molecule has 5 nitrogen and oxygen atoms in total. The Morgan fingerprint density at radius 2 is 1.19 bits per heavy atom. The van der Waals surface area contributed by atoms with Gasteiger partial charge in [0.1, 0.15) is 11.2 Å². The van der Waals surface area contributed by atoms with Gasteiger partial charge < -0.3 is 4.42 Å². The zero-order chi connectivity index (χ0) is 28.0. The Hall–Kier alpha value is -5.20. The number of hydrogen-bond donors (Lipinski definition) is 0. The molecule has 0 aliphatic carbocycles. The lowest BCUT2D eigenvalue weighted by Gasteiger charge is -2.11. The van der Waals surface area contributed by atoms with Crippen molar-refractivity contribution in [2.45, 2.75) is 0 Å². The van der Waals surface area contributed by atoms with Gasteiger partial charge in [-0.05, 0) is 59.7 Å². The summed E-state index contributed by atoms with van der Waals surface area (Å²) in [6.07, 6.45) is 1.82. The van der Waals surface area contributed by atoms with Crippen LogP contribution in [0, 0.1) is 0 Å². The molecular formula is C36H21BrN4O. The van der Waals surface area contributed by atoms with E-state index in [1.165, 1.54) is 0 Å². The molecule has 198 valence electrons. The van der Waals surface area contributed by atoms with Crippen LogP contribution in [0.3, 0.4) is 0 Å². The van der Waals surface area contributed by atoms with Crippen LogP contribution in [0.4, 0.5) is 0 Å². The van der Waals surface area contributed by atoms with Gasteiger partial charge in [-0.15, -0.1) is 0 Å². The standard InChI is InChI=1S/C36H21BrN4O/c37-26-19-24(27-11-6-13-31-28(27)12-7-17-38-31)18-25(20-26)36-40-34(22-8-2-1-3-9-22)39-35(41-36)23-15-16-30-29-10-4-5-14-32(29)42-33(30)21-23/h1-21H. The topological polar surface area (TPSA) is 64.7 Å². The first-order chi connectivity index (χ1) is 20.7. The minimum Gasteiger partial charge on any atom is -0.456 e. The molecule has 0 atom stereocenters. The number of rotatable bonds is 4. The number of benzene rings is 5. The molecule has 0 spiro atoms. The lowest BCUT2D eigenvalue weighted by atomic mass is 9.98. The third-order valence-electron chi connectivity index (χ3n) is 7.42. The molecule has 0 unspecified atom stereocenters. The Labute approximate surface area is 249 Å². The fraction of sp³-hybridized carbons (Fsp3) is 0. The van der Waals surface area contributed by atoms with E-state index in [0.29, 0.717) is 17.5 Å². The lowest BCUT2D eigenvalue weighted by Crippen LogP contribution is -2.00. The Morgan fingerprint density at radius 1 is 0.476 bits per heavy atom. The second-order valence-electron chi connectivity index (χ2n) is 10.1. The van der Waals surface area contributed by atoms with Crippen molar-refractivity contribution >= 4 is 48.8 Å². The van der Waals surface area contributed by atoms with Gasteiger partial charge in [0.15, 0.2) is 17.5 Å². The summed E-state index contributed by atoms with van der Waals surface area (Å²) < 4.78 is 7.11. The molecule has 5 aromatic carbocycles. The molecule has 6 heteroatoms. The van der Waals surface area contributed by atoms with Crippen molar-refractivity contribution in [1.29, 1.82) is 0 Å². The molecule has 0 saturated heterocycles. The van der Waals surface area contributed by atoms with Crippen molar-refractivity contribution in [2.75, 3.05) is 0 Å². The first-order valence-corrected chi connectivity index (χ1v) is 14.4. The van der Waals surface area contributed by atoms with Crippen LogP contribution < -0.4 is 0 Å². The minimum atomic E-state index is 0.581. The highest BCUT2D eigenvalue weighted by Crippen LogP contribution is 2.35. The molecular weight excluding hydrogens is 584 g/mol. The van der Waals surface area contributed by atoms with Crippen LogP contribution >= 0.6 is 15.9 Å². The highest BCUT2D eigenvalue weighted by molar-refractivity contribution is 9.10. The van der Waals surface area contributed by atoms with E-state index in [1.54, 1.807) is 0 Å². The van der Waals surface area contributed by atoms with Gasteiger partial charge in [0.2, 0.25) is 0 Å². The van der Waals surface area contributed by atoms with Crippen LogP contribution in [0.25, 0.3) is 78.1 Å². The Bertz CT molecular complexity index is 2270. The minimum absolute atomic E-state index is 0.581. The molecule has 0 aliphatic heterocycles. The van der Waals surface area contributed by atoms with Crippen LogP contribution in [-0.4, -0.2) is 19.9 Å². The van der Waals surface area contributed by atoms with Crippen LogP contribution in [0.1, 0.15) is 0 Å². The number of para-hydroxylation sites is 1. The third-order valence-corrected chi connectivity index (χ3v) is 7.87. The number of halogens is 1. The van der Waals surface area contributed by atoms with Crippen LogP contribution in [-0.2, 0) is 0 Å². The summed E-state index contributed by atoms with van der Waals surface area (Å²) >= 11 is 3.74. The molecule has 8 aromatic rings. The molecule has 0 amide bonds. The summed E-state index contributed by atoms with van der Waals surface area (Å²) in [5.74, 6) is 1.78. The summed E-state index contributed by atoms with van der Waals surface area (Å²) in [6, 6.07) is 40.7. The first kappa shape index (κ1) is 24.6. The smallest absolute Gasteiger partial charge is 0.164 e. The van der Waals surface area contributed by atoms with Gasteiger partial charge in [0.05, 0.1) is 5.52 Å². The van der Waals surface area contributed by atoms with Gasteiger partial charge in [-0.25, -0.2) is 15.0 Å². The Morgan fingerprint density at radius 3 is 2.07 bits per heavy atom. The molecule has 0 aliphatic rings. The van der Waals surface area contributed by atoms with Crippen molar-refractivity contribution in [3.63, 3.8) is 0 Å². The van der Waals surface area contributed by atoms with Crippen molar-refractivity contribution in [3.05, 3.63) is 132 Å². The summed E-state index contributed by atoms with van der Waals surface area (Å²) in [5.41, 5.74) is 7.40. The number of aromatic nitrogens is 4. The normalized spacial score (nSPS) is 11.5. The molecule has 0 fully saturated rings. The maximum Gasteiger partial charge on any atom is 0.164 e. The molecule has 0 radical (unpaired) electrons. The van der Waals surface area contributed by atoms with Crippen molar-refractivity contribution < 1.29 is 4.42 Å². The maximum atomic E-state index is 6.18. The molecule has 42 heavy (non-hydrogen) atoms. The van der Waals surface area contributed by atoms with E-state index in [4.69, 9.17) is 19.4 Å². The van der Waals surface area contributed by atoms with Gasteiger partial charge in [-0.2, -0.15) is 0 Å². The second-order valence-corrected chi connectivity index (χ2v) is 11.0. The molecule has 3 heterocycles. The predicted octanol–water partition coefficient (Wildman–Crippen LogP) is 9.75. The van der Waals surface area contributed by atoms with E-state index in [9.17, 15) is 0 Å². The summed E-state index contributed by atoms with van der Waals surface area (Å²) in [5, 5.41) is 3.24. The van der Waals surface area contributed by atoms with Gasteiger partial charge >= 0.3 is 0 Å². The van der Waals surface area contributed by atoms with Gasteiger partial charge in [-0.3, -0.25) is 4.98 Å². The molecule has 3 aromatic heterocycles. The van der Waals surface area contributed by atoms with Crippen LogP contribution in [0.15, 0.2) is 136 Å². The Balaban J connectivity index is 1.32. The number of nitrogens with zero attached hydrogens (tertiary/aromatic N) is 4. The predicted molar refractivity (Wildman–Crippen MR) is 172 cm³/mol. The van der Waals surface area contributed by atoms with Crippen LogP contribution in [0.5, 0.6) is 0 Å². The first-order valence-electron chi connectivity index (χ1n) is 13.6. The zero-order valence-corrected chi connectivity index (χ0v) is 23.8. The van der Waals surface area contributed by atoms with E-state index in [1.807, 2.05) is 91.1 Å². The van der Waals surface area contributed by atoms with E-state index < -0.39 is 0 Å². The molecule has 8 rings (SSSR count). The van der Waals surface area contributed by atoms with Crippen molar-refractivity contribution in [3.8, 4) is 45.3 Å². The number of furan rings is 1. The maximum absolute atomic E-state index is 6.18. The third kappa shape index (κ3) is 4.33. The fourth-order valence-electron chi connectivity index (χ4n) is 5.44. The van der Waals surface area contributed by atoms with E-state index >= 15 is 0 Å². The summed E-state index contributed by atoms with van der Waals surface area (Å²) in [7, 11) is 0. The molecule has 0 saturated carbocycles. The van der Waals surface area contributed by atoms with E-state index in [2.05, 4.69) is 57.3 Å². The molecule has 0 bridgehead atoms. The monoisotopic (exact) mass is 604 g/mol. The average molecular weight is 605 g/mol. The second kappa shape index (κ2) is 10.0. The quantitative estimate of drug-likeness (QED) is 0.200.